The lowest BCUT2D eigenvalue weighted by molar-refractivity contribution is 0.245. The average molecular weight is 335 g/mol. The van der Waals surface area contributed by atoms with Gasteiger partial charge >= 0.3 is 0 Å². The normalized spacial score (nSPS) is 15.1. The third kappa shape index (κ3) is 2.58. The number of hydrogen-bond acceptors (Lipinski definition) is 2. The fourth-order valence-corrected chi connectivity index (χ4v) is 3.13. The van der Waals surface area contributed by atoms with Crippen molar-refractivity contribution in [2.45, 2.75) is 19.5 Å². The molecule has 1 aliphatic rings. The molecule has 2 nitrogen and oxygen atoms in total. The number of fused-ring (bicyclic) bond motifs is 1. The molecule has 0 aromatic heterocycles. The van der Waals surface area contributed by atoms with Crippen LogP contribution in [0.2, 0.25) is 0 Å². The number of hydrogen-bond donors (Lipinski definition) is 1. The van der Waals surface area contributed by atoms with Crippen LogP contribution in [-0.2, 0) is 19.5 Å². The Morgan fingerprint density at radius 2 is 2.00 bits per heavy atom. The van der Waals surface area contributed by atoms with Gasteiger partial charge in [0.15, 0.2) is 0 Å². The number of nitrogens with two attached hydrogens (primary N) is 1. The SMILES string of the molecule is Nc1cccc2c1CCN(Cc1cccc(F)c1Br)C2. The van der Waals surface area contributed by atoms with Gasteiger partial charge in [0.2, 0.25) is 0 Å². The zero-order chi connectivity index (χ0) is 14.1. The van der Waals surface area contributed by atoms with Crippen LogP contribution in [0, 0.1) is 5.82 Å². The van der Waals surface area contributed by atoms with Crippen molar-refractivity contribution in [3.8, 4) is 0 Å². The Labute approximate surface area is 126 Å². The Morgan fingerprint density at radius 1 is 1.20 bits per heavy atom. The van der Waals surface area contributed by atoms with Gasteiger partial charge in [-0.05, 0) is 51.2 Å². The van der Waals surface area contributed by atoms with Crippen molar-refractivity contribution in [3.63, 3.8) is 0 Å². The molecule has 0 saturated carbocycles. The van der Waals surface area contributed by atoms with Crippen LogP contribution in [0.4, 0.5) is 10.1 Å². The molecular weight excluding hydrogens is 319 g/mol. The Morgan fingerprint density at radius 3 is 2.85 bits per heavy atom. The molecule has 0 aliphatic carbocycles. The van der Waals surface area contributed by atoms with Crippen LogP contribution in [0.15, 0.2) is 40.9 Å². The predicted molar refractivity (Wildman–Crippen MR) is 82.8 cm³/mol. The van der Waals surface area contributed by atoms with Crippen molar-refractivity contribution in [1.29, 1.82) is 0 Å². The quantitative estimate of drug-likeness (QED) is 0.848. The van der Waals surface area contributed by atoms with Crippen molar-refractivity contribution >= 4 is 21.6 Å². The zero-order valence-corrected chi connectivity index (χ0v) is 12.7. The standard InChI is InChI=1S/C16H16BrFN2/c17-16-12(4-1-5-14(16)18)10-20-8-7-13-11(9-20)3-2-6-15(13)19/h1-6H,7-10,19H2. The second-order valence-electron chi connectivity index (χ2n) is 5.16. The molecule has 0 fully saturated rings. The maximum atomic E-state index is 13.5. The second kappa shape index (κ2) is 5.54. The second-order valence-corrected chi connectivity index (χ2v) is 5.95. The molecule has 1 aliphatic heterocycles. The minimum absolute atomic E-state index is 0.204. The van der Waals surface area contributed by atoms with Crippen LogP contribution in [0.1, 0.15) is 16.7 Å². The smallest absolute Gasteiger partial charge is 0.137 e. The molecule has 1 heterocycles. The predicted octanol–water partition coefficient (Wildman–Crippen LogP) is 3.73. The van der Waals surface area contributed by atoms with E-state index in [9.17, 15) is 4.39 Å². The number of benzene rings is 2. The number of nitrogen functional groups attached to an aromatic ring is 1. The van der Waals surface area contributed by atoms with Gasteiger partial charge in [0.05, 0.1) is 4.47 Å². The van der Waals surface area contributed by atoms with E-state index in [0.29, 0.717) is 4.47 Å². The maximum absolute atomic E-state index is 13.5. The third-order valence-corrected chi connectivity index (χ3v) is 4.69. The summed E-state index contributed by atoms with van der Waals surface area (Å²) in [7, 11) is 0. The highest BCUT2D eigenvalue weighted by Gasteiger charge is 2.19. The monoisotopic (exact) mass is 334 g/mol. The van der Waals surface area contributed by atoms with Gasteiger partial charge in [-0.3, -0.25) is 4.90 Å². The Kier molecular flexibility index (Phi) is 3.76. The number of rotatable bonds is 2. The van der Waals surface area contributed by atoms with Crippen LogP contribution in [-0.4, -0.2) is 11.4 Å². The van der Waals surface area contributed by atoms with Gasteiger partial charge in [-0.1, -0.05) is 24.3 Å². The van der Waals surface area contributed by atoms with Crippen LogP contribution in [0.5, 0.6) is 0 Å². The van der Waals surface area contributed by atoms with Crippen molar-refractivity contribution in [1.82, 2.24) is 4.90 Å². The first-order valence-electron chi connectivity index (χ1n) is 6.66. The molecule has 0 unspecified atom stereocenters. The van der Waals surface area contributed by atoms with Crippen molar-refractivity contribution in [2.24, 2.45) is 0 Å². The van der Waals surface area contributed by atoms with Crippen LogP contribution in [0.25, 0.3) is 0 Å². The minimum atomic E-state index is -0.204. The molecule has 20 heavy (non-hydrogen) atoms. The molecule has 4 heteroatoms. The molecule has 0 radical (unpaired) electrons. The first-order valence-corrected chi connectivity index (χ1v) is 7.46. The van der Waals surface area contributed by atoms with Gasteiger partial charge in [0.25, 0.3) is 0 Å². The summed E-state index contributed by atoms with van der Waals surface area (Å²) >= 11 is 3.33. The lowest BCUT2D eigenvalue weighted by Crippen LogP contribution is -2.30. The summed E-state index contributed by atoms with van der Waals surface area (Å²) in [4.78, 5) is 2.32. The van der Waals surface area contributed by atoms with E-state index < -0.39 is 0 Å². The fourth-order valence-electron chi connectivity index (χ4n) is 2.74. The third-order valence-electron chi connectivity index (χ3n) is 3.81. The molecular formula is C16H16BrFN2. The van der Waals surface area contributed by atoms with Crippen LogP contribution in [0.3, 0.4) is 0 Å². The largest absolute Gasteiger partial charge is 0.398 e. The van der Waals surface area contributed by atoms with E-state index in [4.69, 9.17) is 5.73 Å². The maximum Gasteiger partial charge on any atom is 0.137 e. The first kappa shape index (κ1) is 13.6. The highest BCUT2D eigenvalue weighted by atomic mass is 79.9. The summed E-state index contributed by atoms with van der Waals surface area (Å²) in [6.07, 6.45) is 0.953. The van der Waals surface area contributed by atoms with E-state index >= 15 is 0 Å². The number of halogens is 2. The molecule has 0 amide bonds. The van der Waals surface area contributed by atoms with Crippen molar-refractivity contribution < 1.29 is 4.39 Å². The summed E-state index contributed by atoms with van der Waals surface area (Å²) in [6, 6.07) is 11.3. The lowest BCUT2D eigenvalue weighted by Gasteiger charge is -2.29. The van der Waals surface area contributed by atoms with Crippen molar-refractivity contribution in [2.75, 3.05) is 12.3 Å². The first-order chi connectivity index (χ1) is 9.65. The molecule has 0 spiro atoms. The van der Waals surface area contributed by atoms with Gasteiger partial charge in [0.1, 0.15) is 5.82 Å². The summed E-state index contributed by atoms with van der Waals surface area (Å²) in [5.74, 6) is -0.204. The summed E-state index contributed by atoms with van der Waals surface area (Å²) in [5, 5.41) is 0. The van der Waals surface area contributed by atoms with Crippen LogP contribution >= 0.6 is 15.9 Å². The van der Waals surface area contributed by atoms with Crippen molar-refractivity contribution in [3.05, 3.63) is 63.4 Å². The average Bonchev–Trinajstić information content (AvgIpc) is 2.44. The highest BCUT2D eigenvalue weighted by Crippen LogP contribution is 2.27. The van der Waals surface area contributed by atoms with E-state index in [2.05, 4.69) is 26.9 Å². The van der Waals surface area contributed by atoms with E-state index in [1.807, 2.05) is 18.2 Å². The fraction of sp³-hybridized carbons (Fsp3) is 0.250. The molecule has 104 valence electrons. The van der Waals surface area contributed by atoms with Gasteiger partial charge in [-0.15, -0.1) is 0 Å². The molecule has 2 aromatic rings. The molecule has 0 bridgehead atoms. The Bertz CT molecular complexity index is 642. The summed E-state index contributed by atoms with van der Waals surface area (Å²) < 4.78 is 14.1. The van der Waals surface area contributed by atoms with E-state index in [1.165, 1.54) is 17.2 Å². The van der Waals surface area contributed by atoms with Gasteiger partial charge in [-0.25, -0.2) is 4.39 Å². The molecule has 0 atom stereocenters. The number of nitrogens with zero attached hydrogens (tertiary/aromatic N) is 1. The Balaban J connectivity index is 1.79. The molecule has 2 N–H and O–H groups in total. The van der Waals surface area contributed by atoms with E-state index in [-0.39, 0.29) is 5.82 Å². The van der Waals surface area contributed by atoms with E-state index in [0.717, 1.165) is 37.3 Å². The Hall–Kier alpha value is -1.39. The minimum Gasteiger partial charge on any atom is -0.398 e. The summed E-state index contributed by atoms with van der Waals surface area (Å²) in [5.41, 5.74) is 10.4. The van der Waals surface area contributed by atoms with Gasteiger partial charge in [-0.2, -0.15) is 0 Å². The van der Waals surface area contributed by atoms with Gasteiger partial charge < -0.3 is 5.73 Å². The lowest BCUT2D eigenvalue weighted by atomic mass is 9.97. The van der Waals surface area contributed by atoms with E-state index in [1.54, 1.807) is 6.07 Å². The number of anilines is 1. The molecule has 0 saturated heterocycles. The highest BCUT2D eigenvalue weighted by molar-refractivity contribution is 9.10. The molecule has 2 aromatic carbocycles. The summed E-state index contributed by atoms with van der Waals surface area (Å²) in [6.45, 7) is 2.56. The molecule has 3 rings (SSSR count). The van der Waals surface area contributed by atoms with Gasteiger partial charge in [0, 0.05) is 25.3 Å². The van der Waals surface area contributed by atoms with Crippen LogP contribution < -0.4 is 5.73 Å². The topological polar surface area (TPSA) is 29.3 Å². The zero-order valence-electron chi connectivity index (χ0n) is 11.1.